The van der Waals surface area contributed by atoms with Crippen molar-refractivity contribution in [3.05, 3.63) is 23.8 Å². The Morgan fingerprint density at radius 2 is 2.07 bits per heavy atom. The van der Waals surface area contributed by atoms with Gasteiger partial charge in [0.2, 0.25) is 10.0 Å². The molecule has 0 atom stereocenters. The average molecular weight is 229 g/mol. The topological polar surface area (TPSA) is 69.4 Å². The largest absolute Gasteiger partial charge is 0.497 e. The van der Waals surface area contributed by atoms with Crippen LogP contribution in [0.2, 0.25) is 0 Å². The zero-order valence-corrected chi connectivity index (χ0v) is 9.67. The van der Waals surface area contributed by atoms with E-state index in [1.165, 1.54) is 6.07 Å². The summed E-state index contributed by atoms with van der Waals surface area (Å²) in [5, 5.41) is 5.11. The van der Waals surface area contributed by atoms with Crippen molar-refractivity contribution >= 4 is 10.0 Å². The molecule has 0 aromatic heterocycles. The lowest BCUT2D eigenvalue weighted by Gasteiger charge is -2.08. The first-order chi connectivity index (χ1) is 6.99. The van der Waals surface area contributed by atoms with Crippen molar-refractivity contribution in [2.24, 2.45) is 5.14 Å². The molecule has 0 spiro atoms. The molecule has 84 valence electrons. The van der Waals surface area contributed by atoms with Crippen molar-refractivity contribution in [2.45, 2.75) is 24.7 Å². The van der Waals surface area contributed by atoms with Crippen LogP contribution in [0.3, 0.4) is 0 Å². The second-order valence-electron chi connectivity index (χ2n) is 3.27. The SMILES string of the molecule is CCCc1cc(OC)ccc1S(N)(=O)=O. The number of benzene rings is 1. The predicted molar refractivity (Wildman–Crippen MR) is 58.4 cm³/mol. The van der Waals surface area contributed by atoms with Crippen LogP contribution in [0.4, 0.5) is 0 Å². The van der Waals surface area contributed by atoms with Gasteiger partial charge in [-0.25, -0.2) is 13.6 Å². The Morgan fingerprint density at radius 1 is 1.40 bits per heavy atom. The third-order valence-electron chi connectivity index (χ3n) is 2.09. The van der Waals surface area contributed by atoms with Crippen molar-refractivity contribution in [1.29, 1.82) is 0 Å². The van der Waals surface area contributed by atoms with Crippen LogP contribution in [0.25, 0.3) is 0 Å². The number of primary sulfonamides is 1. The first kappa shape index (κ1) is 12.0. The molecule has 0 fully saturated rings. The fourth-order valence-electron chi connectivity index (χ4n) is 1.43. The Bertz CT molecular complexity index is 440. The molecule has 2 N–H and O–H groups in total. The first-order valence-electron chi connectivity index (χ1n) is 4.68. The molecule has 0 saturated heterocycles. The zero-order valence-electron chi connectivity index (χ0n) is 8.86. The van der Waals surface area contributed by atoms with Crippen LogP contribution in [-0.2, 0) is 16.4 Å². The van der Waals surface area contributed by atoms with Crippen molar-refractivity contribution in [1.82, 2.24) is 0 Å². The van der Waals surface area contributed by atoms with Crippen LogP contribution >= 0.6 is 0 Å². The number of rotatable bonds is 4. The summed E-state index contributed by atoms with van der Waals surface area (Å²) >= 11 is 0. The van der Waals surface area contributed by atoms with Gasteiger partial charge in [-0.15, -0.1) is 0 Å². The highest BCUT2D eigenvalue weighted by Gasteiger charge is 2.13. The van der Waals surface area contributed by atoms with Gasteiger partial charge in [-0.1, -0.05) is 13.3 Å². The third-order valence-corrected chi connectivity index (χ3v) is 3.10. The van der Waals surface area contributed by atoms with E-state index in [1.807, 2.05) is 6.92 Å². The van der Waals surface area contributed by atoms with Gasteiger partial charge >= 0.3 is 0 Å². The summed E-state index contributed by atoms with van der Waals surface area (Å²) in [6.07, 6.45) is 1.53. The Morgan fingerprint density at radius 3 is 2.53 bits per heavy atom. The molecule has 5 heteroatoms. The van der Waals surface area contributed by atoms with Gasteiger partial charge in [-0.05, 0) is 30.2 Å². The van der Waals surface area contributed by atoms with Crippen molar-refractivity contribution < 1.29 is 13.2 Å². The number of nitrogens with two attached hydrogens (primary N) is 1. The highest BCUT2D eigenvalue weighted by molar-refractivity contribution is 7.89. The van der Waals surface area contributed by atoms with Gasteiger partial charge in [0.15, 0.2) is 0 Å². The molecule has 1 rings (SSSR count). The number of ether oxygens (including phenoxy) is 1. The van der Waals surface area contributed by atoms with E-state index in [4.69, 9.17) is 9.88 Å². The first-order valence-corrected chi connectivity index (χ1v) is 6.23. The minimum atomic E-state index is -3.64. The predicted octanol–water partition coefficient (Wildman–Crippen LogP) is 1.30. The Labute approximate surface area is 90.1 Å². The maximum atomic E-state index is 11.3. The van der Waals surface area contributed by atoms with Crippen molar-refractivity contribution in [3.63, 3.8) is 0 Å². The molecule has 0 amide bonds. The van der Waals surface area contributed by atoms with Gasteiger partial charge in [-0.2, -0.15) is 0 Å². The highest BCUT2D eigenvalue weighted by Crippen LogP contribution is 2.21. The molecule has 4 nitrogen and oxygen atoms in total. The summed E-state index contributed by atoms with van der Waals surface area (Å²) in [4.78, 5) is 0.185. The molecule has 1 aromatic rings. The number of aryl methyl sites for hydroxylation is 1. The fourth-order valence-corrected chi connectivity index (χ4v) is 2.21. The smallest absolute Gasteiger partial charge is 0.238 e. The maximum absolute atomic E-state index is 11.3. The van der Waals surface area contributed by atoms with E-state index in [0.717, 1.165) is 6.42 Å². The van der Waals surface area contributed by atoms with Crippen LogP contribution in [0, 0.1) is 0 Å². The summed E-state index contributed by atoms with van der Waals surface area (Å²) in [6, 6.07) is 4.79. The second-order valence-corrected chi connectivity index (χ2v) is 4.80. The summed E-state index contributed by atoms with van der Waals surface area (Å²) in [7, 11) is -2.09. The molecule has 0 radical (unpaired) electrons. The lowest BCUT2D eigenvalue weighted by Crippen LogP contribution is -2.14. The molecule has 15 heavy (non-hydrogen) atoms. The summed E-state index contributed by atoms with van der Waals surface area (Å²) in [5.74, 6) is 0.644. The van der Waals surface area contributed by atoms with Crippen molar-refractivity contribution in [3.8, 4) is 5.75 Å². The van der Waals surface area contributed by atoms with Crippen LogP contribution in [0.5, 0.6) is 5.75 Å². The molecule has 0 bridgehead atoms. The minimum absolute atomic E-state index is 0.185. The average Bonchev–Trinajstić information content (AvgIpc) is 2.16. The van der Waals surface area contributed by atoms with Gasteiger partial charge in [0.25, 0.3) is 0 Å². The summed E-state index contributed by atoms with van der Waals surface area (Å²) < 4.78 is 27.6. The fraction of sp³-hybridized carbons (Fsp3) is 0.400. The molecular weight excluding hydrogens is 214 g/mol. The molecule has 1 aromatic carbocycles. The molecular formula is C10H15NO3S. The molecule has 0 aliphatic heterocycles. The standard InChI is InChI=1S/C10H15NO3S/c1-3-4-8-7-9(14-2)5-6-10(8)15(11,12)13/h5-7H,3-4H2,1-2H3,(H2,11,12,13). The van der Waals surface area contributed by atoms with Crippen LogP contribution in [0.15, 0.2) is 23.1 Å². The zero-order chi connectivity index (χ0) is 11.5. The lowest BCUT2D eigenvalue weighted by atomic mass is 10.1. The van der Waals surface area contributed by atoms with Gasteiger partial charge in [0.1, 0.15) is 5.75 Å². The number of methoxy groups -OCH3 is 1. The second kappa shape index (κ2) is 4.63. The molecule has 0 aliphatic rings. The maximum Gasteiger partial charge on any atom is 0.238 e. The summed E-state index contributed by atoms with van der Waals surface area (Å²) in [5.41, 5.74) is 0.708. The molecule has 0 heterocycles. The third kappa shape index (κ3) is 2.94. The quantitative estimate of drug-likeness (QED) is 0.846. The van der Waals surface area contributed by atoms with E-state index in [-0.39, 0.29) is 4.90 Å². The van der Waals surface area contributed by atoms with Crippen LogP contribution in [0.1, 0.15) is 18.9 Å². The number of hydrogen-bond donors (Lipinski definition) is 1. The minimum Gasteiger partial charge on any atom is -0.497 e. The number of hydrogen-bond acceptors (Lipinski definition) is 3. The normalized spacial score (nSPS) is 11.4. The van der Waals surface area contributed by atoms with Crippen LogP contribution < -0.4 is 9.88 Å². The molecule has 0 aliphatic carbocycles. The Balaban J connectivity index is 3.27. The van der Waals surface area contributed by atoms with E-state index in [0.29, 0.717) is 17.7 Å². The van der Waals surface area contributed by atoms with Gasteiger partial charge in [0.05, 0.1) is 12.0 Å². The van der Waals surface area contributed by atoms with E-state index in [1.54, 1.807) is 19.2 Å². The van der Waals surface area contributed by atoms with E-state index >= 15 is 0 Å². The highest BCUT2D eigenvalue weighted by atomic mass is 32.2. The molecule has 0 unspecified atom stereocenters. The molecule has 0 saturated carbocycles. The monoisotopic (exact) mass is 229 g/mol. The Hall–Kier alpha value is -1.07. The van der Waals surface area contributed by atoms with E-state index < -0.39 is 10.0 Å². The number of sulfonamides is 1. The van der Waals surface area contributed by atoms with Gasteiger partial charge in [0, 0.05) is 0 Å². The lowest BCUT2D eigenvalue weighted by molar-refractivity contribution is 0.413. The summed E-state index contributed by atoms with van der Waals surface area (Å²) in [6.45, 7) is 1.98. The van der Waals surface area contributed by atoms with E-state index in [2.05, 4.69) is 0 Å². The van der Waals surface area contributed by atoms with Crippen molar-refractivity contribution in [2.75, 3.05) is 7.11 Å². The van der Waals surface area contributed by atoms with Gasteiger partial charge < -0.3 is 4.74 Å². The van der Waals surface area contributed by atoms with Gasteiger partial charge in [-0.3, -0.25) is 0 Å². The Kier molecular flexibility index (Phi) is 3.71. The van der Waals surface area contributed by atoms with E-state index in [9.17, 15) is 8.42 Å². The van der Waals surface area contributed by atoms with Crippen LogP contribution in [-0.4, -0.2) is 15.5 Å².